The molecule has 0 aliphatic rings. The maximum atomic E-state index is 11.5. The largest absolute Gasteiger partial charge is 0.483 e. The van der Waals surface area contributed by atoms with Gasteiger partial charge in [-0.15, -0.1) is 0 Å². The van der Waals surface area contributed by atoms with Crippen LogP contribution < -0.4 is 26.8 Å². The summed E-state index contributed by atoms with van der Waals surface area (Å²) in [5.74, 6) is -0.176. The number of amidine groups is 1. The third kappa shape index (κ3) is 5.68. The predicted octanol–water partition coefficient (Wildman–Crippen LogP) is -1.06. The van der Waals surface area contributed by atoms with Gasteiger partial charge < -0.3 is 32.0 Å². The molecule has 0 radical (unpaired) electrons. The molecule has 1 aromatic carbocycles. The first-order valence-electron chi connectivity index (χ1n) is 6.04. The van der Waals surface area contributed by atoms with Crippen molar-refractivity contribution < 1.29 is 19.5 Å². The van der Waals surface area contributed by atoms with Gasteiger partial charge in [0, 0.05) is 13.1 Å². The number of oxime groups is 1. The SMILES string of the molecule is NC(=O)NCCNC(=O)COc1ccccc1/C(N)=N/O. The summed E-state index contributed by atoms with van der Waals surface area (Å²) >= 11 is 0. The van der Waals surface area contributed by atoms with Gasteiger partial charge in [0.2, 0.25) is 0 Å². The second kappa shape index (κ2) is 8.25. The molecule has 1 rings (SSSR count). The molecule has 9 heteroatoms. The van der Waals surface area contributed by atoms with Crippen LogP contribution in [0.5, 0.6) is 5.75 Å². The van der Waals surface area contributed by atoms with Crippen LogP contribution in [0.3, 0.4) is 0 Å². The molecule has 7 N–H and O–H groups in total. The zero-order valence-corrected chi connectivity index (χ0v) is 11.2. The Morgan fingerprint density at radius 2 is 1.86 bits per heavy atom. The Labute approximate surface area is 120 Å². The van der Waals surface area contributed by atoms with Crippen molar-refractivity contribution in [2.45, 2.75) is 0 Å². The smallest absolute Gasteiger partial charge is 0.312 e. The van der Waals surface area contributed by atoms with E-state index in [0.29, 0.717) is 11.3 Å². The average molecular weight is 295 g/mol. The van der Waals surface area contributed by atoms with Crippen molar-refractivity contribution in [2.75, 3.05) is 19.7 Å². The molecule has 0 spiro atoms. The van der Waals surface area contributed by atoms with Crippen molar-refractivity contribution in [3.8, 4) is 5.75 Å². The van der Waals surface area contributed by atoms with Gasteiger partial charge in [0.15, 0.2) is 12.4 Å². The molecule has 0 bridgehead atoms. The molecule has 1 aromatic rings. The molecule has 0 saturated heterocycles. The number of nitrogens with zero attached hydrogens (tertiary/aromatic N) is 1. The number of carbonyl (C=O) groups is 2. The van der Waals surface area contributed by atoms with Crippen LogP contribution in [0.1, 0.15) is 5.56 Å². The lowest BCUT2D eigenvalue weighted by molar-refractivity contribution is -0.123. The normalized spacial score (nSPS) is 10.8. The topological polar surface area (TPSA) is 152 Å². The lowest BCUT2D eigenvalue weighted by Crippen LogP contribution is -2.38. The molecular weight excluding hydrogens is 278 g/mol. The fraction of sp³-hybridized carbons (Fsp3) is 0.250. The van der Waals surface area contributed by atoms with E-state index in [4.69, 9.17) is 21.4 Å². The number of primary amides is 1. The van der Waals surface area contributed by atoms with Crippen LogP contribution in [0.15, 0.2) is 29.4 Å². The number of nitrogens with one attached hydrogen (secondary N) is 2. The standard InChI is InChI=1S/C12H17N5O4/c13-11(17-20)8-3-1-2-4-9(8)21-7-10(18)15-5-6-16-12(14)19/h1-4,20H,5-7H2,(H2,13,17)(H,15,18)(H3,14,16,19). The zero-order chi connectivity index (χ0) is 15.7. The van der Waals surface area contributed by atoms with E-state index in [9.17, 15) is 9.59 Å². The lowest BCUT2D eigenvalue weighted by Gasteiger charge is -2.10. The Kier molecular flexibility index (Phi) is 6.32. The number of para-hydroxylation sites is 1. The van der Waals surface area contributed by atoms with Crippen molar-refractivity contribution >= 4 is 17.8 Å². The van der Waals surface area contributed by atoms with E-state index in [1.165, 1.54) is 0 Å². The monoisotopic (exact) mass is 295 g/mol. The second-order valence-corrected chi connectivity index (χ2v) is 3.91. The molecule has 0 saturated carbocycles. The maximum absolute atomic E-state index is 11.5. The Hall–Kier alpha value is -2.97. The number of carbonyl (C=O) groups excluding carboxylic acids is 2. The highest BCUT2D eigenvalue weighted by atomic mass is 16.5. The van der Waals surface area contributed by atoms with E-state index in [0.717, 1.165) is 0 Å². The van der Waals surface area contributed by atoms with Crippen LogP contribution >= 0.6 is 0 Å². The molecule has 0 aliphatic heterocycles. The first-order chi connectivity index (χ1) is 10.0. The van der Waals surface area contributed by atoms with Gasteiger partial charge in [-0.1, -0.05) is 17.3 Å². The minimum atomic E-state index is -0.659. The van der Waals surface area contributed by atoms with Crippen molar-refractivity contribution in [2.24, 2.45) is 16.6 Å². The molecule has 9 nitrogen and oxygen atoms in total. The van der Waals surface area contributed by atoms with Gasteiger partial charge >= 0.3 is 6.03 Å². The number of nitrogens with two attached hydrogens (primary N) is 2. The van der Waals surface area contributed by atoms with Crippen LogP contribution in [0, 0.1) is 0 Å². The van der Waals surface area contributed by atoms with Gasteiger partial charge in [0.05, 0.1) is 5.56 Å². The number of rotatable bonds is 7. The molecule has 0 atom stereocenters. The summed E-state index contributed by atoms with van der Waals surface area (Å²) in [5.41, 5.74) is 10.7. The highest BCUT2D eigenvalue weighted by molar-refractivity contribution is 5.99. The number of ether oxygens (including phenoxy) is 1. The van der Waals surface area contributed by atoms with Crippen LogP contribution in [-0.4, -0.2) is 42.7 Å². The summed E-state index contributed by atoms with van der Waals surface area (Å²) in [5, 5.41) is 16.4. The Morgan fingerprint density at radius 1 is 1.19 bits per heavy atom. The second-order valence-electron chi connectivity index (χ2n) is 3.91. The Bertz CT molecular complexity index is 532. The quantitative estimate of drug-likeness (QED) is 0.143. The number of urea groups is 1. The van der Waals surface area contributed by atoms with Crippen LogP contribution in [-0.2, 0) is 4.79 Å². The highest BCUT2D eigenvalue weighted by Gasteiger charge is 2.09. The molecule has 21 heavy (non-hydrogen) atoms. The molecule has 0 heterocycles. The maximum Gasteiger partial charge on any atom is 0.312 e. The first kappa shape index (κ1) is 16.1. The summed E-state index contributed by atoms with van der Waals surface area (Å²) in [6, 6.07) is 5.91. The number of hydrogen-bond donors (Lipinski definition) is 5. The summed E-state index contributed by atoms with van der Waals surface area (Å²) < 4.78 is 5.30. The van der Waals surface area contributed by atoms with Gasteiger partial charge in [-0.05, 0) is 12.1 Å². The molecule has 0 aliphatic carbocycles. The summed E-state index contributed by atoms with van der Waals surface area (Å²) in [6.45, 7) is 0.209. The van der Waals surface area contributed by atoms with Crippen molar-refractivity contribution in [3.63, 3.8) is 0 Å². The summed E-state index contributed by atoms with van der Waals surface area (Å²) in [7, 11) is 0. The lowest BCUT2D eigenvalue weighted by atomic mass is 10.2. The molecule has 0 fully saturated rings. The number of amides is 3. The number of hydrogen-bond acceptors (Lipinski definition) is 5. The van der Waals surface area contributed by atoms with E-state index in [-0.39, 0.29) is 31.4 Å². The van der Waals surface area contributed by atoms with Gasteiger partial charge in [-0.25, -0.2) is 4.79 Å². The Morgan fingerprint density at radius 3 is 2.52 bits per heavy atom. The zero-order valence-electron chi connectivity index (χ0n) is 11.2. The summed E-state index contributed by atoms with van der Waals surface area (Å²) in [4.78, 5) is 21.9. The van der Waals surface area contributed by atoms with Crippen molar-refractivity contribution in [1.29, 1.82) is 0 Å². The fourth-order valence-corrected chi connectivity index (χ4v) is 1.44. The predicted molar refractivity (Wildman–Crippen MR) is 75.0 cm³/mol. The van der Waals surface area contributed by atoms with E-state index < -0.39 is 6.03 Å². The molecular formula is C12H17N5O4. The average Bonchev–Trinajstić information content (AvgIpc) is 2.48. The van der Waals surface area contributed by atoms with E-state index in [1.54, 1.807) is 24.3 Å². The van der Waals surface area contributed by atoms with Gasteiger partial charge in [0.25, 0.3) is 5.91 Å². The highest BCUT2D eigenvalue weighted by Crippen LogP contribution is 2.17. The molecule has 0 unspecified atom stereocenters. The van der Waals surface area contributed by atoms with Crippen molar-refractivity contribution in [1.82, 2.24) is 10.6 Å². The Balaban J connectivity index is 2.45. The molecule has 114 valence electrons. The van der Waals surface area contributed by atoms with Crippen LogP contribution in [0.4, 0.5) is 4.79 Å². The van der Waals surface area contributed by atoms with E-state index in [2.05, 4.69) is 15.8 Å². The van der Waals surface area contributed by atoms with Gasteiger partial charge in [0.1, 0.15) is 5.75 Å². The molecule has 0 aromatic heterocycles. The minimum absolute atomic E-state index is 0.114. The van der Waals surface area contributed by atoms with E-state index >= 15 is 0 Å². The van der Waals surface area contributed by atoms with Crippen LogP contribution in [0.25, 0.3) is 0 Å². The van der Waals surface area contributed by atoms with Gasteiger partial charge in [-0.2, -0.15) is 0 Å². The van der Waals surface area contributed by atoms with Crippen LogP contribution in [0.2, 0.25) is 0 Å². The summed E-state index contributed by atoms with van der Waals surface area (Å²) in [6.07, 6.45) is 0. The molecule has 3 amide bonds. The third-order valence-corrected chi connectivity index (χ3v) is 2.38. The first-order valence-corrected chi connectivity index (χ1v) is 6.04. The van der Waals surface area contributed by atoms with Crippen molar-refractivity contribution in [3.05, 3.63) is 29.8 Å². The van der Waals surface area contributed by atoms with Gasteiger partial charge in [-0.3, -0.25) is 4.79 Å². The third-order valence-electron chi connectivity index (χ3n) is 2.38. The van der Waals surface area contributed by atoms with E-state index in [1.807, 2.05) is 0 Å². The fourth-order valence-electron chi connectivity index (χ4n) is 1.44. The minimum Gasteiger partial charge on any atom is -0.483 e. The number of benzene rings is 1.